The number of fused-ring (bicyclic) bond motifs is 2. The molecule has 1 aliphatic heterocycles. The van der Waals surface area contributed by atoms with Crippen molar-refractivity contribution in [3.8, 4) is 0 Å². The molecule has 0 aliphatic carbocycles. The Bertz CT molecular complexity index is 1370. The molecule has 5 heteroatoms. The average Bonchev–Trinajstić information content (AvgIpc) is 3.07. The molecule has 3 aromatic carbocycles. The summed E-state index contributed by atoms with van der Waals surface area (Å²) in [5.74, 6) is -0.180. The standard InChI is InChI=1S/C26H20BrNO3/c1-3-16-5-11-19(12-6-16)28-23(17-7-9-18(27)10-8-17)22-24(29)20-14-15(2)4-13-21(20)31-25(22)26(28)30/h4-14,23H,3H2,1-2H3. The Kier molecular flexibility index (Phi) is 4.78. The summed E-state index contributed by atoms with van der Waals surface area (Å²) in [5.41, 5.74) is 4.41. The number of hydrogen-bond acceptors (Lipinski definition) is 3. The number of benzene rings is 3. The highest BCUT2D eigenvalue weighted by Crippen LogP contribution is 2.41. The monoisotopic (exact) mass is 473 g/mol. The van der Waals surface area contributed by atoms with Gasteiger partial charge in [0.05, 0.1) is 17.0 Å². The average molecular weight is 474 g/mol. The van der Waals surface area contributed by atoms with Crippen molar-refractivity contribution in [2.75, 3.05) is 4.90 Å². The Morgan fingerprint density at radius 1 is 0.968 bits per heavy atom. The molecule has 5 rings (SSSR count). The van der Waals surface area contributed by atoms with Gasteiger partial charge in [-0.15, -0.1) is 0 Å². The Morgan fingerprint density at radius 2 is 1.68 bits per heavy atom. The van der Waals surface area contributed by atoms with Crippen LogP contribution in [-0.4, -0.2) is 5.91 Å². The smallest absolute Gasteiger partial charge is 0.295 e. The van der Waals surface area contributed by atoms with E-state index in [-0.39, 0.29) is 17.1 Å². The number of halogens is 1. The van der Waals surface area contributed by atoms with E-state index in [1.165, 1.54) is 5.56 Å². The third kappa shape index (κ3) is 3.20. The molecule has 0 fully saturated rings. The minimum Gasteiger partial charge on any atom is -0.450 e. The lowest BCUT2D eigenvalue weighted by molar-refractivity contribution is 0.0971. The van der Waals surface area contributed by atoms with Crippen LogP contribution in [0.1, 0.15) is 45.8 Å². The second-order valence-corrected chi connectivity index (χ2v) is 8.74. The highest BCUT2D eigenvalue weighted by Gasteiger charge is 2.43. The first-order valence-corrected chi connectivity index (χ1v) is 11.0. The first-order valence-electron chi connectivity index (χ1n) is 10.2. The van der Waals surface area contributed by atoms with Gasteiger partial charge in [0.1, 0.15) is 5.58 Å². The van der Waals surface area contributed by atoms with Crippen LogP contribution in [0.15, 0.2) is 80.4 Å². The summed E-state index contributed by atoms with van der Waals surface area (Å²) in [6, 6.07) is 20.5. The van der Waals surface area contributed by atoms with Gasteiger partial charge in [-0.3, -0.25) is 14.5 Å². The predicted molar refractivity (Wildman–Crippen MR) is 126 cm³/mol. The fraction of sp³-hybridized carbons (Fsp3) is 0.154. The zero-order valence-corrected chi connectivity index (χ0v) is 18.8. The number of amides is 1. The number of carbonyl (C=O) groups is 1. The molecular formula is C26H20BrNO3. The number of carbonyl (C=O) groups excluding carboxylic acids is 1. The van der Waals surface area contributed by atoms with E-state index in [4.69, 9.17) is 4.42 Å². The lowest BCUT2D eigenvalue weighted by atomic mass is 9.98. The molecule has 0 N–H and O–H groups in total. The molecule has 0 saturated heterocycles. The number of anilines is 1. The van der Waals surface area contributed by atoms with Gasteiger partial charge in [-0.2, -0.15) is 0 Å². The van der Waals surface area contributed by atoms with Gasteiger partial charge in [0.25, 0.3) is 5.91 Å². The van der Waals surface area contributed by atoms with E-state index in [0.717, 1.165) is 27.7 Å². The van der Waals surface area contributed by atoms with Crippen LogP contribution in [-0.2, 0) is 6.42 Å². The Morgan fingerprint density at radius 3 is 2.35 bits per heavy atom. The van der Waals surface area contributed by atoms with Gasteiger partial charge in [0.15, 0.2) is 5.43 Å². The van der Waals surface area contributed by atoms with Crippen molar-refractivity contribution in [1.29, 1.82) is 0 Å². The van der Waals surface area contributed by atoms with E-state index in [9.17, 15) is 9.59 Å². The lowest BCUT2D eigenvalue weighted by Gasteiger charge is -2.25. The first kappa shape index (κ1) is 19.8. The topological polar surface area (TPSA) is 50.5 Å². The molecule has 154 valence electrons. The third-order valence-corrected chi connectivity index (χ3v) is 6.36. The minimum absolute atomic E-state index is 0.119. The van der Waals surface area contributed by atoms with Gasteiger partial charge < -0.3 is 4.42 Å². The molecule has 1 amide bonds. The van der Waals surface area contributed by atoms with E-state index < -0.39 is 6.04 Å². The van der Waals surface area contributed by atoms with Crippen molar-refractivity contribution in [2.45, 2.75) is 26.3 Å². The summed E-state index contributed by atoms with van der Waals surface area (Å²) >= 11 is 3.47. The maximum absolute atomic E-state index is 13.6. The fourth-order valence-electron chi connectivity index (χ4n) is 4.21. The largest absolute Gasteiger partial charge is 0.450 e. The number of nitrogens with zero attached hydrogens (tertiary/aromatic N) is 1. The van der Waals surface area contributed by atoms with Crippen molar-refractivity contribution in [2.24, 2.45) is 0 Å². The van der Waals surface area contributed by atoms with E-state index in [2.05, 4.69) is 22.9 Å². The predicted octanol–water partition coefficient (Wildman–Crippen LogP) is 6.18. The number of hydrogen-bond donors (Lipinski definition) is 0. The molecule has 2 heterocycles. The van der Waals surface area contributed by atoms with Crippen LogP contribution in [0.25, 0.3) is 11.0 Å². The number of aryl methyl sites for hydroxylation is 2. The van der Waals surface area contributed by atoms with Crippen LogP contribution in [0.3, 0.4) is 0 Å². The van der Waals surface area contributed by atoms with Gasteiger partial charge in [-0.25, -0.2) is 0 Å². The molecule has 1 atom stereocenters. The Balaban J connectivity index is 1.78. The van der Waals surface area contributed by atoms with Crippen LogP contribution >= 0.6 is 15.9 Å². The van der Waals surface area contributed by atoms with Crippen molar-refractivity contribution >= 4 is 38.5 Å². The lowest BCUT2D eigenvalue weighted by Crippen LogP contribution is -2.29. The summed E-state index contributed by atoms with van der Waals surface area (Å²) < 4.78 is 6.96. The van der Waals surface area contributed by atoms with E-state index in [1.54, 1.807) is 11.0 Å². The summed E-state index contributed by atoms with van der Waals surface area (Å²) in [4.78, 5) is 28.8. The SMILES string of the molecule is CCc1ccc(N2C(=O)c3oc4ccc(C)cc4c(=O)c3C2c2ccc(Br)cc2)cc1. The first-order chi connectivity index (χ1) is 15.0. The van der Waals surface area contributed by atoms with E-state index in [1.807, 2.05) is 67.6 Å². The quantitative estimate of drug-likeness (QED) is 0.357. The van der Waals surface area contributed by atoms with Crippen molar-refractivity contribution < 1.29 is 9.21 Å². The van der Waals surface area contributed by atoms with Crippen molar-refractivity contribution in [3.05, 3.63) is 109 Å². The highest BCUT2D eigenvalue weighted by molar-refractivity contribution is 9.10. The normalized spacial score (nSPS) is 15.5. The maximum Gasteiger partial charge on any atom is 0.295 e. The van der Waals surface area contributed by atoms with Crippen molar-refractivity contribution in [3.63, 3.8) is 0 Å². The summed E-state index contributed by atoms with van der Waals surface area (Å²) in [7, 11) is 0. The molecule has 31 heavy (non-hydrogen) atoms. The highest BCUT2D eigenvalue weighted by atomic mass is 79.9. The zero-order valence-electron chi connectivity index (χ0n) is 17.2. The van der Waals surface area contributed by atoms with Crippen LogP contribution in [0.5, 0.6) is 0 Å². The van der Waals surface area contributed by atoms with Crippen LogP contribution in [0.4, 0.5) is 5.69 Å². The molecule has 4 aromatic rings. The van der Waals surface area contributed by atoms with Gasteiger partial charge in [-0.1, -0.05) is 58.7 Å². The second-order valence-electron chi connectivity index (χ2n) is 7.82. The minimum atomic E-state index is -0.552. The molecule has 1 unspecified atom stereocenters. The number of rotatable bonds is 3. The molecule has 1 aliphatic rings. The van der Waals surface area contributed by atoms with Gasteiger partial charge in [-0.05, 0) is 60.9 Å². The molecule has 1 aromatic heterocycles. The molecule has 4 nitrogen and oxygen atoms in total. The van der Waals surface area contributed by atoms with Crippen molar-refractivity contribution in [1.82, 2.24) is 0 Å². The Labute approximate surface area is 188 Å². The second kappa shape index (κ2) is 7.50. The van der Waals surface area contributed by atoms with Gasteiger partial charge >= 0.3 is 0 Å². The molecule has 0 bridgehead atoms. The zero-order chi connectivity index (χ0) is 21.7. The molecule has 0 saturated carbocycles. The maximum atomic E-state index is 13.6. The Hall–Kier alpha value is -3.18. The van der Waals surface area contributed by atoms with Crippen LogP contribution in [0, 0.1) is 6.92 Å². The fourth-order valence-corrected chi connectivity index (χ4v) is 4.47. The van der Waals surface area contributed by atoms with Crippen LogP contribution < -0.4 is 10.3 Å². The third-order valence-electron chi connectivity index (χ3n) is 5.83. The molecule has 0 spiro atoms. The summed E-state index contributed by atoms with van der Waals surface area (Å²) in [6.45, 7) is 4.03. The van der Waals surface area contributed by atoms with Gasteiger partial charge in [0, 0.05) is 10.2 Å². The van der Waals surface area contributed by atoms with Crippen LogP contribution in [0.2, 0.25) is 0 Å². The summed E-state index contributed by atoms with van der Waals surface area (Å²) in [5, 5.41) is 0.497. The van der Waals surface area contributed by atoms with E-state index >= 15 is 0 Å². The van der Waals surface area contributed by atoms with E-state index in [0.29, 0.717) is 16.5 Å². The summed E-state index contributed by atoms with van der Waals surface area (Å²) in [6.07, 6.45) is 0.912. The molecular weight excluding hydrogens is 454 g/mol. The van der Waals surface area contributed by atoms with Gasteiger partial charge in [0.2, 0.25) is 5.76 Å². The molecule has 0 radical (unpaired) electrons.